The van der Waals surface area contributed by atoms with E-state index >= 15 is 0 Å². The van der Waals surface area contributed by atoms with Gasteiger partial charge in [0.1, 0.15) is 5.78 Å². The number of Topliss-reactive ketones (excluding diaryl/α,β-unsaturated/α-hetero) is 1. The second-order valence-corrected chi connectivity index (χ2v) is 14.8. The first kappa shape index (κ1) is 22.4. The maximum Gasteiger partial charge on any atom is 0.138 e. The van der Waals surface area contributed by atoms with Crippen LogP contribution in [-0.4, -0.2) is 16.5 Å². The monoisotopic (exact) mass is 428 g/mol. The van der Waals surface area contributed by atoms with Crippen LogP contribution < -0.4 is 0 Å². The number of rotatable bonds is 0. The largest absolute Gasteiger partial charge is 0.390 e. The van der Waals surface area contributed by atoms with Gasteiger partial charge in [-0.1, -0.05) is 41.5 Å². The minimum atomic E-state index is -0.475. The molecular weight excluding hydrogens is 380 g/mol. The van der Waals surface area contributed by atoms with Crippen LogP contribution in [0.25, 0.3) is 0 Å². The number of fused-ring (bicyclic) bond motifs is 7. The number of aliphatic hydroxyl groups is 1. The highest BCUT2D eigenvalue weighted by Gasteiger charge is 2.69. The highest BCUT2D eigenvalue weighted by Crippen LogP contribution is 2.76. The Morgan fingerprint density at radius 3 is 2.10 bits per heavy atom. The van der Waals surface area contributed by atoms with E-state index in [2.05, 4.69) is 48.5 Å². The lowest BCUT2D eigenvalue weighted by molar-refractivity contribution is -0.244. The van der Waals surface area contributed by atoms with Gasteiger partial charge in [0.15, 0.2) is 0 Å². The summed E-state index contributed by atoms with van der Waals surface area (Å²) in [5, 5.41) is 11.0. The average Bonchev–Trinajstić information content (AvgIpc) is 2.67. The summed E-state index contributed by atoms with van der Waals surface area (Å²) in [7, 11) is 0. The molecule has 0 radical (unpaired) electrons. The number of hydrogen-bond acceptors (Lipinski definition) is 2. The molecule has 0 amide bonds. The summed E-state index contributed by atoms with van der Waals surface area (Å²) in [6.07, 6.45) is 13.0. The number of ketones is 1. The maximum absolute atomic E-state index is 12.9. The van der Waals surface area contributed by atoms with Crippen LogP contribution in [0.5, 0.6) is 0 Å². The van der Waals surface area contributed by atoms with E-state index in [1.54, 1.807) is 0 Å². The van der Waals surface area contributed by atoms with Crippen LogP contribution in [-0.2, 0) is 4.79 Å². The Labute approximate surface area is 191 Å². The van der Waals surface area contributed by atoms with Crippen molar-refractivity contribution in [2.75, 3.05) is 0 Å². The minimum absolute atomic E-state index is 0.153. The molecular formula is C29H48O2. The van der Waals surface area contributed by atoms with Crippen LogP contribution in [0.2, 0.25) is 0 Å². The van der Waals surface area contributed by atoms with Crippen LogP contribution >= 0.6 is 0 Å². The molecule has 0 saturated heterocycles. The third kappa shape index (κ3) is 2.75. The Morgan fingerprint density at radius 2 is 1.39 bits per heavy atom. The third-order valence-electron chi connectivity index (χ3n) is 13.2. The maximum atomic E-state index is 12.9. The fraction of sp³-hybridized carbons (Fsp3) is 0.966. The Kier molecular flexibility index (Phi) is 4.63. The summed E-state index contributed by atoms with van der Waals surface area (Å²) >= 11 is 0. The van der Waals surface area contributed by atoms with Crippen LogP contribution in [0.15, 0.2) is 0 Å². The zero-order valence-electron chi connectivity index (χ0n) is 21.4. The van der Waals surface area contributed by atoms with Crippen molar-refractivity contribution in [1.82, 2.24) is 0 Å². The fourth-order valence-corrected chi connectivity index (χ4v) is 10.9. The van der Waals surface area contributed by atoms with Gasteiger partial charge in [-0.3, -0.25) is 4.79 Å². The van der Waals surface area contributed by atoms with Crippen molar-refractivity contribution in [2.24, 2.45) is 50.7 Å². The van der Waals surface area contributed by atoms with Gasteiger partial charge in [-0.25, -0.2) is 0 Å². The molecule has 5 aliphatic carbocycles. The van der Waals surface area contributed by atoms with Crippen molar-refractivity contribution >= 4 is 5.78 Å². The van der Waals surface area contributed by atoms with Crippen LogP contribution in [0, 0.1) is 50.7 Å². The van der Waals surface area contributed by atoms with E-state index in [4.69, 9.17) is 0 Å². The molecule has 1 N–H and O–H groups in total. The van der Waals surface area contributed by atoms with Gasteiger partial charge in [0, 0.05) is 11.8 Å². The summed E-state index contributed by atoms with van der Waals surface area (Å²) in [5.41, 5.74) is 0.833. The van der Waals surface area contributed by atoms with E-state index < -0.39 is 5.60 Å². The molecule has 0 bridgehead atoms. The van der Waals surface area contributed by atoms with Gasteiger partial charge >= 0.3 is 0 Å². The van der Waals surface area contributed by atoms with Crippen molar-refractivity contribution in [3.05, 3.63) is 0 Å². The molecule has 9 unspecified atom stereocenters. The molecule has 5 saturated carbocycles. The van der Waals surface area contributed by atoms with E-state index in [9.17, 15) is 9.90 Å². The molecule has 31 heavy (non-hydrogen) atoms. The van der Waals surface area contributed by atoms with Gasteiger partial charge in [-0.05, 0) is 116 Å². The Hall–Kier alpha value is -0.370. The minimum Gasteiger partial charge on any atom is -0.390 e. The van der Waals surface area contributed by atoms with Crippen molar-refractivity contribution in [3.8, 4) is 0 Å². The van der Waals surface area contributed by atoms with Crippen molar-refractivity contribution in [3.63, 3.8) is 0 Å². The second kappa shape index (κ2) is 6.39. The topological polar surface area (TPSA) is 37.3 Å². The molecule has 0 spiro atoms. The van der Waals surface area contributed by atoms with Crippen LogP contribution in [0.1, 0.15) is 119 Å². The summed E-state index contributed by atoms with van der Waals surface area (Å²) in [6.45, 7) is 17.1. The molecule has 5 rings (SSSR count). The summed E-state index contributed by atoms with van der Waals surface area (Å²) in [4.78, 5) is 12.9. The lowest BCUT2D eigenvalue weighted by Gasteiger charge is -2.73. The molecule has 0 aromatic carbocycles. The normalized spacial score (nSPS) is 58.5. The SMILES string of the molecule is CC1(O)CCC2(C)CCC3(C)C(CCC4C5(C)CCC(=O)C(C)(C)C5CCC43C)C2C1. The molecule has 0 aromatic heterocycles. The average molecular weight is 429 g/mol. The van der Waals surface area contributed by atoms with Crippen molar-refractivity contribution < 1.29 is 9.90 Å². The highest BCUT2D eigenvalue weighted by molar-refractivity contribution is 5.85. The standard InChI is InChI=1S/C29H48O2/c1-24(2)21-10-13-29(7)22(27(21,5)12-11-23(24)30)9-8-19-20-18-26(4,31)16-14-25(20,3)15-17-28(19,29)6/h19-22,31H,8-18H2,1-7H3. The second-order valence-electron chi connectivity index (χ2n) is 14.8. The molecule has 2 heteroatoms. The number of carbonyl (C=O) groups excluding carboxylic acids is 1. The van der Waals surface area contributed by atoms with Crippen LogP contribution in [0.3, 0.4) is 0 Å². The highest BCUT2D eigenvalue weighted by atomic mass is 16.3. The molecule has 2 nitrogen and oxygen atoms in total. The Balaban J connectivity index is 1.53. The quantitative estimate of drug-likeness (QED) is 0.443. The third-order valence-corrected chi connectivity index (χ3v) is 13.2. The van der Waals surface area contributed by atoms with Crippen molar-refractivity contribution in [2.45, 2.75) is 125 Å². The van der Waals surface area contributed by atoms with Gasteiger partial charge < -0.3 is 5.11 Å². The predicted molar refractivity (Wildman–Crippen MR) is 127 cm³/mol. The molecule has 0 heterocycles. The Bertz CT molecular complexity index is 782. The Morgan fingerprint density at radius 1 is 0.710 bits per heavy atom. The lowest BCUT2D eigenvalue weighted by Crippen LogP contribution is -2.66. The molecule has 0 aromatic rings. The predicted octanol–water partition coefficient (Wildman–Crippen LogP) is 7.18. The molecule has 9 atom stereocenters. The lowest BCUT2D eigenvalue weighted by atomic mass is 9.32. The van der Waals surface area contributed by atoms with Gasteiger partial charge in [0.25, 0.3) is 0 Å². The molecule has 0 aliphatic heterocycles. The summed E-state index contributed by atoms with van der Waals surface area (Å²) in [5.74, 6) is 3.21. The van der Waals surface area contributed by atoms with E-state index in [1.165, 1.54) is 44.9 Å². The van der Waals surface area contributed by atoms with Crippen LogP contribution in [0.4, 0.5) is 0 Å². The smallest absolute Gasteiger partial charge is 0.138 e. The molecule has 5 aliphatic rings. The first-order chi connectivity index (χ1) is 14.2. The first-order valence-electron chi connectivity index (χ1n) is 13.5. The van der Waals surface area contributed by atoms with Gasteiger partial charge in [-0.2, -0.15) is 0 Å². The zero-order chi connectivity index (χ0) is 22.7. The summed E-state index contributed by atoms with van der Waals surface area (Å²) in [6, 6.07) is 0. The number of carbonyl (C=O) groups is 1. The summed E-state index contributed by atoms with van der Waals surface area (Å²) < 4.78 is 0. The molecule has 5 fully saturated rings. The number of hydrogen-bond donors (Lipinski definition) is 1. The van der Waals surface area contributed by atoms with Gasteiger partial charge in [0.05, 0.1) is 5.60 Å². The van der Waals surface area contributed by atoms with E-state index in [1.807, 2.05) is 0 Å². The van der Waals surface area contributed by atoms with Gasteiger partial charge in [0.2, 0.25) is 0 Å². The molecule has 176 valence electrons. The van der Waals surface area contributed by atoms with E-state index in [0.29, 0.717) is 39.3 Å². The van der Waals surface area contributed by atoms with E-state index in [0.717, 1.165) is 37.5 Å². The fourth-order valence-electron chi connectivity index (χ4n) is 10.9. The van der Waals surface area contributed by atoms with Gasteiger partial charge in [-0.15, -0.1) is 0 Å². The van der Waals surface area contributed by atoms with Crippen molar-refractivity contribution in [1.29, 1.82) is 0 Å². The first-order valence-corrected chi connectivity index (χ1v) is 13.5. The van der Waals surface area contributed by atoms with E-state index in [-0.39, 0.29) is 5.41 Å². The zero-order valence-corrected chi connectivity index (χ0v) is 21.4.